The third-order valence-corrected chi connectivity index (χ3v) is 1.91. The zero-order valence-corrected chi connectivity index (χ0v) is 9.42. The summed E-state index contributed by atoms with van der Waals surface area (Å²) in [6, 6.07) is 0. The summed E-state index contributed by atoms with van der Waals surface area (Å²) in [7, 11) is 0. The van der Waals surface area contributed by atoms with Gasteiger partial charge in [-0.05, 0) is 33.1 Å². The zero-order chi connectivity index (χ0) is 10.8. The van der Waals surface area contributed by atoms with E-state index in [-0.39, 0.29) is 12.1 Å². The van der Waals surface area contributed by atoms with E-state index in [4.69, 9.17) is 4.74 Å². The molecule has 0 saturated carbocycles. The van der Waals surface area contributed by atoms with E-state index in [9.17, 15) is 4.79 Å². The summed E-state index contributed by atoms with van der Waals surface area (Å²) in [6.45, 7) is 7.42. The second-order valence-electron chi connectivity index (χ2n) is 3.78. The van der Waals surface area contributed by atoms with Crippen LogP contribution in [-0.4, -0.2) is 12.1 Å². The fraction of sp³-hybridized carbons (Fsp3) is 0.750. The van der Waals surface area contributed by atoms with Crippen LogP contribution in [0.2, 0.25) is 0 Å². The molecule has 0 aliphatic rings. The van der Waals surface area contributed by atoms with Crippen LogP contribution in [0.15, 0.2) is 12.7 Å². The first-order chi connectivity index (χ1) is 6.66. The maximum Gasteiger partial charge on any atom is 0.306 e. The monoisotopic (exact) mass is 198 g/mol. The molecule has 0 aliphatic carbocycles. The van der Waals surface area contributed by atoms with E-state index in [2.05, 4.69) is 6.58 Å². The maximum atomic E-state index is 11.1. The molecule has 0 bridgehead atoms. The van der Waals surface area contributed by atoms with Gasteiger partial charge in [0.15, 0.2) is 0 Å². The van der Waals surface area contributed by atoms with Crippen molar-refractivity contribution in [3.8, 4) is 0 Å². The molecule has 0 aromatic rings. The molecule has 0 fully saturated rings. The average Bonchev–Trinajstić information content (AvgIpc) is 2.10. The van der Waals surface area contributed by atoms with Gasteiger partial charge in [-0.15, -0.1) is 6.58 Å². The third kappa shape index (κ3) is 9.30. The van der Waals surface area contributed by atoms with Gasteiger partial charge >= 0.3 is 5.97 Å². The van der Waals surface area contributed by atoms with E-state index >= 15 is 0 Å². The second-order valence-corrected chi connectivity index (χ2v) is 3.78. The van der Waals surface area contributed by atoms with E-state index < -0.39 is 0 Å². The van der Waals surface area contributed by atoms with E-state index in [1.54, 1.807) is 0 Å². The number of allylic oxidation sites excluding steroid dienone is 1. The fourth-order valence-electron chi connectivity index (χ4n) is 1.23. The zero-order valence-electron chi connectivity index (χ0n) is 9.42. The highest BCUT2D eigenvalue weighted by atomic mass is 16.5. The molecule has 2 heteroatoms. The first kappa shape index (κ1) is 13.2. The van der Waals surface area contributed by atoms with Crippen molar-refractivity contribution >= 4 is 5.97 Å². The Morgan fingerprint density at radius 1 is 1.29 bits per heavy atom. The van der Waals surface area contributed by atoms with Crippen LogP contribution in [0.3, 0.4) is 0 Å². The van der Waals surface area contributed by atoms with Crippen molar-refractivity contribution in [3.63, 3.8) is 0 Å². The number of hydrogen-bond donors (Lipinski definition) is 0. The summed E-state index contributed by atoms with van der Waals surface area (Å²) >= 11 is 0. The molecule has 0 unspecified atom stereocenters. The predicted molar refractivity (Wildman–Crippen MR) is 59.1 cm³/mol. The SMILES string of the molecule is C=CCCCCCCC(=O)OC(C)C. The molecule has 0 aromatic heterocycles. The first-order valence-electron chi connectivity index (χ1n) is 5.47. The summed E-state index contributed by atoms with van der Waals surface area (Å²) in [5.74, 6) is -0.0660. The smallest absolute Gasteiger partial charge is 0.306 e. The molecule has 0 aromatic carbocycles. The Kier molecular flexibility index (Phi) is 8.30. The van der Waals surface area contributed by atoms with Gasteiger partial charge in [0.1, 0.15) is 0 Å². The molecule has 0 N–H and O–H groups in total. The van der Waals surface area contributed by atoms with E-state index in [1.807, 2.05) is 19.9 Å². The number of carbonyl (C=O) groups excluding carboxylic acids is 1. The predicted octanol–water partition coefficient (Wildman–Crippen LogP) is 3.46. The lowest BCUT2D eigenvalue weighted by Gasteiger charge is -2.07. The molecule has 0 radical (unpaired) electrons. The molecule has 0 spiro atoms. The van der Waals surface area contributed by atoms with Gasteiger partial charge in [0.25, 0.3) is 0 Å². The van der Waals surface area contributed by atoms with E-state index in [1.165, 1.54) is 12.8 Å². The molecular formula is C12H22O2. The Hall–Kier alpha value is -0.790. The van der Waals surface area contributed by atoms with Crippen molar-refractivity contribution in [1.29, 1.82) is 0 Å². The molecule has 0 atom stereocenters. The van der Waals surface area contributed by atoms with Crippen molar-refractivity contribution in [2.24, 2.45) is 0 Å². The maximum absolute atomic E-state index is 11.1. The van der Waals surface area contributed by atoms with Crippen LogP contribution in [-0.2, 0) is 9.53 Å². The summed E-state index contributed by atoms with van der Waals surface area (Å²) in [4.78, 5) is 11.1. The average molecular weight is 198 g/mol. The number of hydrogen-bond acceptors (Lipinski definition) is 2. The highest BCUT2D eigenvalue weighted by Gasteiger charge is 2.03. The Labute approximate surface area is 87.3 Å². The molecule has 0 aliphatic heterocycles. The molecule has 2 nitrogen and oxygen atoms in total. The van der Waals surface area contributed by atoms with Crippen LogP contribution in [0.1, 0.15) is 52.4 Å². The molecule has 82 valence electrons. The largest absolute Gasteiger partial charge is 0.463 e. The second kappa shape index (κ2) is 8.79. The van der Waals surface area contributed by atoms with Crippen LogP contribution in [0.25, 0.3) is 0 Å². The lowest BCUT2D eigenvalue weighted by Crippen LogP contribution is -2.10. The fourth-order valence-corrected chi connectivity index (χ4v) is 1.23. The minimum atomic E-state index is -0.0660. The summed E-state index contributed by atoms with van der Waals surface area (Å²) in [5, 5.41) is 0. The van der Waals surface area contributed by atoms with Crippen LogP contribution < -0.4 is 0 Å². The molecule has 0 heterocycles. The Bertz CT molecular complexity index is 162. The standard InChI is InChI=1S/C12H22O2/c1-4-5-6-7-8-9-10-12(13)14-11(2)3/h4,11H,1,5-10H2,2-3H3. The van der Waals surface area contributed by atoms with Crippen LogP contribution >= 0.6 is 0 Å². The Morgan fingerprint density at radius 3 is 2.50 bits per heavy atom. The highest BCUT2D eigenvalue weighted by molar-refractivity contribution is 5.69. The van der Waals surface area contributed by atoms with E-state index in [0.29, 0.717) is 6.42 Å². The van der Waals surface area contributed by atoms with Crippen molar-refractivity contribution in [2.45, 2.75) is 58.5 Å². The van der Waals surface area contributed by atoms with Crippen molar-refractivity contribution in [1.82, 2.24) is 0 Å². The summed E-state index contributed by atoms with van der Waals surface area (Å²) in [6.07, 6.45) is 8.02. The van der Waals surface area contributed by atoms with Gasteiger partial charge in [0, 0.05) is 6.42 Å². The summed E-state index contributed by atoms with van der Waals surface area (Å²) in [5.41, 5.74) is 0. The Morgan fingerprint density at radius 2 is 1.93 bits per heavy atom. The molecule has 0 rings (SSSR count). The topological polar surface area (TPSA) is 26.3 Å². The van der Waals surface area contributed by atoms with Crippen molar-refractivity contribution < 1.29 is 9.53 Å². The van der Waals surface area contributed by atoms with E-state index in [0.717, 1.165) is 19.3 Å². The normalized spacial score (nSPS) is 10.2. The van der Waals surface area contributed by atoms with Crippen molar-refractivity contribution in [3.05, 3.63) is 12.7 Å². The van der Waals surface area contributed by atoms with Gasteiger partial charge < -0.3 is 4.74 Å². The van der Waals surface area contributed by atoms with Gasteiger partial charge in [0.2, 0.25) is 0 Å². The quantitative estimate of drug-likeness (QED) is 0.339. The number of unbranched alkanes of at least 4 members (excludes halogenated alkanes) is 4. The molecule has 14 heavy (non-hydrogen) atoms. The number of carbonyl (C=O) groups is 1. The number of ether oxygens (including phenoxy) is 1. The van der Waals surface area contributed by atoms with Gasteiger partial charge in [-0.25, -0.2) is 0 Å². The van der Waals surface area contributed by atoms with Gasteiger partial charge in [-0.2, -0.15) is 0 Å². The number of rotatable bonds is 8. The number of esters is 1. The third-order valence-electron chi connectivity index (χ3n) is 1.91. The van der Waals surface area contributed by atoms with Crippen molar-refractivity contribution in [2.75, 3.05) is 0 Å². The van der Waals surface area contributed by atoms with Crippen LogP contribution in [0.5, 0.6) is 0 Å². The molecule has 0 saturated heterocycles. The first-order valence-corrected chi connectivity index (χ1v) is 5.47. The molecular weight excluding hydrogens is 176 g/mol. The lowest BCUT2D eigenvalue weighted by molar-refractivity contribution is -0.147. The lowest BCUT2D eigenvalue weighted by atomic mass is 10.1. The Balaban J connectivity index is 3.19. The van der Waals surface area contributed by atoms with Gasteiger partial charge in [-0.3, -0.25) is 4.79 Å². The van der Waals surface area contributed by atoms with Gasteiger partial charge in [0.05, 0.1) is 6.10 Å². The van der Waals surface area contributed by atoms with Crippen LogP contribution in [0.4, 0.5) is 0 Å². The van der Waals surface area contributed by atoms with Gasteiger partial charge in [-0.1, -0.05) is 18.9 Å². The van der Waals surface area contributed by atoms with Crippen LogP contribution in [0, 0.1) is 0 Å². The summed E-state index contributed by atoms with van der Waals surface area (Å²) < 4.78 is 5.02. The minimum Gasteiger partial charge on any atom is -0.463 e. The minimum absolute atomic E-state index is 0.0169. The molecule has 0 amide bonds. The highest BCUT2D eigenvalue weighted by Crippen LogP contribution is 2.06.